The Kier molecular flexibility index (Phi) is 5.37. The zero-order valence-corrected chi connectivity index (χ0v) is 13.3. The molecule has 2 rings (SSSR count). The molecular weight excluding hydrogens is 264 g/mol. The van der Waals surface area contributed by atoms with E-state index in [1.54, 1.807) is 0 Å². The summed E-state index contributed by atoms with van der Waals surface area (Å²) in [4.78, 5) is 14.3. The van der Waals surface area contributed by atoms with E-state index in [-0.39, 0.29) is 5.97 Å². The second kappa shape index (κ2) is 7.05. The van der Waals surface area contributed by atoms with Gasteiger partial charge in [0.2, 0.25) is 0 Å². The predicted molar refractivity (Wildman–Crippen MR) is 84.3 cm³/mol. The van der Waals surface area contributed by atoms with Crippen molar-refractivity contribution in [3.8, 4) is 0 Å². The number of likely N-dealkylation sites (N-methyl/N-ethyl adjacent to an activating group) is 1. The Hall–Kier alpha value is -1.39. The fourth-order valence-corrected chi connectivity index (χ4v) is 2.97. The third-order valence-electron chi connectivity index (χ3n) is 4.66. The van der Waals surface area contributed by atoms with E-state index in [1.807, 2.05) is 14.0 Å². The molecule has 1 aromatic carbocycles. The van der Waals surface area contributed by atoms with Gasteiger partial charge in [0.25, 0.3) is 0 Å². The van der Waals surface area contributed by atoms with E-state index >= 15 is 0 Å². The summed E-state index contributed by atoms with van der Waals surface area (Å²) in [6, 6.07) is 10.7. The van der Waals surface area contributed by atoms with Crippen LogP contribution in [0.15, 0.2) is 30.3 Å². The first kappa shape index (κ1) is 16.0. The number of benzene rings is 1. The van der Waals surface area contributed by atoms with Gasteiger partial charge in [-0.15, -0.1) is 0 Å². The molecule has 1 aliphatic rings. The zero-order valence-electron chi connectivity index (χ0n) is 13.3. The SMILES string of the molecule is CNC(C)(CCN1CCC(c2ccccc2)C1)C(=O)OC. The van der Waals surface area contributed by atoms with Gasteiger partial charge in [0.05, 0.1) is 7.11 Å². The third kappa shape index (κ3) is 3.83. The van der Waals surface area contributed by atoms with Crippen LogP contribution in [0.25, 0.3) is 0 Å². The molecule has 116 valence electrons. The topological polar surface area (TPSA) is 41.6 Å². The smallest absolute Gasteiger partial charge is 0.325 e. The molecule has 0 bridgehead atoms. The molecule has 4 heteroatoms. The number of carbonyl (C=O) groups excluding carboxylic acids is 1. The Labute approximate surface area is 127 Å². The zero-order chi connectivity index (χ0) is 15.3. The average molecular weight is 290 g/mol. The molecule has 1 aromatic rings. The average Bonchev–Trinajstić information content (AvgIpc) is 3.01. The molecule has 1 aliphatic heterocycles. The molecule has 0 amide bonds. The Morgan fingerprint density at radius 1 is 1.43 bits per heavy atom. The number of esters is 1. The van der Waals surface area contributed by atoms with Crippen molar-refractivity contribution in [1.29, 1.82) is 0 Å². The summed E-state index contributed by atoms with van der Waals surface area (Å²) in [5, 5.41) is 3.09. The molecule has 0 radical (unpaired) electrons. The first-order chi connectivity index (χ1) is 10.1. The maximum absolute atomic E-state index is 11.9. The number of hydrogen-bond acceptors (Lipinski definition) is 4. The van der Waals surface area contributed by atoms with E-state index in [4.69, 9.17) is 4.74 Å². The largest absolute Gasteiger partial charge is 0.468 e. The van der Waals surface area contributed by atoms with Crippen molar-refractivity contribution in [2.45, 2.75) is 31.2 Å². The highest BCUT2D eigenvalue weighted by Gasteiger charge is 2.34. The van der Waals surface area contributed by atoms with E-state index < -0.39 is 5.54 Å². The van der Waals surface area contributed by atoms with Crippen LogP contribution in [0, 0.1) is 0 Å². The highest BCUT2D eigenvalue weighted by Crippen LogP contribution is 2.27. The molecule has 2 unspecified atom stereocenters. The van der Waals surface area contributed by atoms with Crippen molar-refractivity contribution in [3.63, 3.8) is 0 Å². The minimum Gasteiger partial charge on any atom is -0.468 e. The van der Waals surface area contributed by atoms with Gasteiger partial charge in [0.1, 0.15) is 5.54 Å². The van der Waals surface area contributed by atoms with Crippen molar-refractivity contribution in [2.24, 2.45) is 0 Å². The Balaban J connectivity index is 1.87. The minimum absolute atomic E-state index is 0.191. The standard InChI is InChI=1S/C17H26N2O2/c1-17(18-2,16(20)21-3)10-12-19-11-9-15(13-19)14-7-5-4-6-8-14/h4-8,15,18H,9-13H2,1-3H3. The van der Waals surface area contributed by atoms with Crippen molar-refractivity contribution < 1.29 is 9.53 Å². The van der Waals surface area contributed by atoms with E-state index in [1.165, 1.54) is 19.1 Å². The minimum atomic E-state index is -0.598. The van der Waals surface area contributed by atoms with Crippen LogP contribution in [0.5, 0.6) is 0 Å². The first-order valence-corrected chi connectivity index (χ1v) is 7.63. The highest BCUT2D eigenvalue weighted by molar-refractivity contribution is 5.80. The van der Waals surface area contributed by atoms with Gasteiger partial charge in [-0.25, -0.2) is 0 Å². The lowest BCUT2D eigenvalue weighted by molar-refractivity contribution is -0.148. The molecule has 1 heterocycles. The molecule has 1 fully saturated rings. The number of nitrogens with one attached hydrogen (secondary N) is 1. The second-order valence-electron chi connectivity index (χ2n) is 6.02. The van der Waals surface area contributed by atoms with E-state index in [2.05, 4.69) is 40.5 Å². The van der Waals surface area contributed by atoms with Gasteiger partial charge < -0.3 is 15.0 Å². The number of hydrogen-bond donors (Lipinski definition) is 1. The Morgan fingerprint density at radius 2 is 2.14 bits per heavy atom. The summed E-state index contributed by atoms with van der Waals surface area (Å²) >= 11 is 0. The van der Waals surface area contributed by atoms with Gasteiger partial charge in [-0.2, -0.15) is 0 Å². The normalized spacial score (nSPS) is 22.0. The highest BCUT2D eigenvalue weighted by atomic mass is 16.5. The first-order valence-electron chi connectivity index (χ1n) is 7.63. The van der Waals surface area contributed by atoms with E-state index in [0.717, 1.165) is 26.1 Å². The summed E-state index contributed by atoms with van der Waals surface area (Å²) in [7, 11) is 3.26. The van der Waals surface area contributed by atoms with Crippen LogP contribution in [0.1, 0.15) is 31.2 Å². The molecule has 1 N–H and O–H groups in total. The van der Waals surface area contributed by atoms with Crippen LogP contribution in [-0.4, -0.2) is 50.2 Å². The van der Waals surface area contributed by atoms with E-state index in [9.17, 15) is 4.79 Å². The monoisotopic (exact) mass is 290 g/mol. The summed E-state index contributed by atoms with van der Waals surface area (Å²) < 4.78 is 4.89. The Bertz CT molecular complexity index is 463. The summed E-state index contributed by atoms with van der Waals surface area (Å²) in [5.41, 5.74) is 0.823. The van der Waals surface area contributed by atoms with Gasteiger partial charge >= 0.3 is 5.97 Å². The van der Waals surface area contributed by atoms with Crippen molar-refractivity contribution in [1.82, 2.24) is 10.2 Å². The van der Waals surface area contributed by atoms with Crippen LogP contribution >= 0.6 is 0 Å². The maximum Gasteiger partial charge on any atom is 0.325 e. The molecule has 0 saturated carbocycles. The molecule has 1 saturated heterocycles. The number of methoxy groups -OCH3 is 1. The van der Waals surface area contributed by atoms with Gasteiger partial charge in [0.15, 0.2) is 0 Å². The van der Waals surface area contributed by atoms with Gasteiger partial charge in [-0.05, 0) is 44.8 Å². The molecule has 4 nitrogen and oxygen atoms in total. The van der Waals surface area contributed by atoms with Crippen molar-refractivity contribution in [3.05, 3.63) is 35.9 Å². The van der Waals surface area contributed by atoms with Crippen LogP contribution < -0.4 is 5.32 Å². The fourth-order valence-electron chi connectivity index (χ4n) is 2.97. The predicted octanol–water partition coefficient (Wildman–Crippen LogP) is 2.02. The summed E-state index contributed by atoms with van der Waals surface area (Å²) in [5.74, 6) is 0.425. The number of likely N-dealkylation sites (tertiary alicyclic amines) is 1. The third-order valence-corrected chi connectivity index (χ3v) is 4.66. The number of carbonyl (C=O) groups is 1. The number of rotatable bonds is 6. The molecular formula is C17H26N2O2. The van der Waals surface area contributed by atoms with Crippen LogP contribution in [0.4, 0.5) is 0 Å². The van der Waals surface area contributed by atoms with Crippen LogP contribution in [0.2, 0.25) is 0 Å². The van der Waals surface area contributed by atoms with E-state index in [0.29, 0.717) is 5.92 Å². The Morgan fingerprint density at radius 3 is 2.76 bits per heavy atom. The van der Waals surface area contributed by atoms with Gasteiger partial charge in [-0.1, -0.05) is 30.3 Å². The summed E-state index contributed by atoms with van der Waals surface area (Å²) in [6.45, 7) is 4.99. The number of nitrogens with zero attached hydrogens (tertiary/aromatic N) is 1. The lowest BCUT2D eigenvalue weighted by Crippen LogP contribution is -2.50. The quantitative estimate of drug-likeness (QED) is 0.814. The number of ether oxygens (including phenoxy) is 1. The lowest BCUT2D eigenvalue weighted by atomic mass is 9.97. The molecule has 0 aromatic heterocycles. The lowest BCUT2D eigenvalue weighted by Gasteiger charge is -2.28. The fraction of sp³-hybridized carbons (Fsp3) is 0.588. The van der Waals surface area contributed by atoms with Crippen molar-refractivity contribution in [2.75, 3.05) is 33.8 Å². The van der Waals surface area contributed by atoms with Gasteiger partial charge in [-0.3, -0.25) is 4.79 Å². The van der Waals surface area contributed by atoms with Gasteiger partial charge in [0, 0.05) is 13.1 Å². The molecule has 0 aliphatic carbocycles. The maximum atomic E-state index is 11.9. The van der Waals surface area contributed by atoms with Crippen LogP contribution in [0.3, 0.4) is 0 Å². The second-order valence-corrected chi connectivity index (χ2v) is 6.02. The molecule has 2 atom stereocenters. The van der Waals surface area contributed by atoms with Crippen LogP contribution in [-0.2, 0) is 9.53 Å². The van der Waals surface area contributed by atoms with Crippen molar-refractivity contribution >= 4 is 5.97 Å². The summed E-state index contributed by atoms with van der Waals surface area (Å²) in [6.07, 6.45) is 1.95. The molecule has 0 spiro atoms. The molecule has 21 heavy (non-hydrogen) atoms.